The summed E-state index contributed by atoms with van der Waals surface area (Å²) in [4.78, 5) is 16.4. The minimum Gasteiger partial charge on any atom is -0.394 e. The predicted octanol–water partition coefficient (Wildman–Crippen LogP) is 4.82. The highest BCUT2D eigenvalue weighted by atomic mass is 35.5. The van der Waals surface area contributed by atoms with Gasteiger partial charge in [0.2, 0.25) is 0 Å². The van der Waals surface area contributed by atoms with Gasteiger partial charge in [-0.1, -0.05) is 24.5 Å². The molecule has 10 heteroatoms. The summed E-state index contributed by atoms with van der Waals surface area (Å²) in [5.74, 6) is -0.563. The summed E-state index contributed by atoms with van der Waals surface area (Å²) in [6, 6.07) is 13.5. The number of aromatic nitrogens is 2. The van der Waals surface area contributed by atoms with E-state index in [1.54, 1.807) is 24.3 Å². The van der Waals surface area contributed by atoms with Crippen molar-refractivity contribution in [2.45, 2.75) is 37.7 Å². The number of amides is 1. The number of benzene rings is 2. The van der Waals surface area contributed by atoms with Crippen LogP contribution in [0.3, 0.4) is 0 Å². The number of halogens is 2. The lowest BCUT2D eigenvalue weighted by molar-refractivity contribution is 0.0914. The fourth-order valence-corrected chi connectivity index (χ4v) is 5.07. The topological polar surface area (TPSA) is 101 Å². The number of aliphatic hydroxyl groups is 1. The maximum Gasteiger partial charge on any atom is 0.251 e. The van der Waals surface area contributed by atoms with Gasteiger partial charge in [0, 0.05) is 46.7 Å². The average molecular weight is 563 g/mol. The highest BCUT2D eigenvalue weighted by molar-refractivity contribution is 7.91. The van der Waals surface area contributed by atoms with Crippen LogP contribution in [-0.2, 0) is 22.8 Å². The van der Waals surface area contributed by atoms with E-state index in [9.17, 15) is 22.7 Å². The van der Waals surface area contributed by atoms with E-state index in [1.165, 1.54) is 0 Å². The minimum absolute atomic E-state index is 0.0695. The van der Waals surface area contributed by atoms with Gasteiger partial charge < -0.3 is 15.0 Å². The number of rotatable bonds is 10. The van der Waals surface area contributed by atoms with Gasteiger partial charge in [0.15, 0.2) is 9.84 Å². The maximum atomic E-state index is 13.5. The quantitative estimate of drug-likeness (QED) is 0.289. The molecule has 4 aromatic rings. The zero-order chi connectivity index (χ0) is 31.7. The van der Waals surface area contributed by atoms with Crippen molar-refractivity contribution in [1.29, 1.82) is 0 Å². The van der Waals surface area contributed by atoms with E-state index in [-0.39, 0.29) is 17.8 Å². The first kappa shape index (κ1) is 21.6. The average Bonchev–Trinajstić information content (AvgIpc) is 3.28. The number of hydrogen-bond donors (Lipinski definition) is 2. The van der Waals surface area contributed by atoms with Crippen LogP contribution in [0.2, 0.25) is 5.02 Å². The number of fused-ring (bicyclic) bond motifs is 1. The van der Waals surface area contributed by atoms with Crippen LogP contribution >= 0.6 is 11.6 Å². The number of aryl methyl sites for hydroxylation is 2. The molecule has 0 bridgehead atoms. The second-order valence-electron chi connectivity index (χ2n) is 8.73. The summed E-state index contributed by atoms with van der Waals surface area (Å²) in [6.07, 6.45) is 1.31. The van der Waals surface area contributed by atoms with Crippen LogP contribution in [0, 0.1) is 6.92 Å². The van der Waals surface area contributed by atoms with Crippen molar-refractivity contribution in [2.24, 2.45) is 0 Å². The van der Waals surface area contributed by atoms with Crippen molar-refractivity contribution >= 4 is 38.2 Å². The third kappa shape index (κ3) is 5.90. The maximum absolute atomic E-state index is 13.5. The summed E-state index contributed by atoms with van der Waals surface area (Å²) >= 11 is 6.09. The monoisotopic (exact) mass is 562 g/mol. The molecular formula is C28H29ClFN3O4S. The predicted molar refractivity (Wildman–Crippen MR) is 146 cm³/mol. The van der Waals surface area contributed by atoms with Gasteiger partial charge in [0.1, 0.15) is 6.67 Å². The summed E-state index contributed by atoms with van der Waals surface area (Å²) in [6.45, 7) is -2.53. The molecule has 2 N–H and O–H groups in total. The highest BCUT2D eigenvalue weighted by Crippen LogP contribution is 2.26. The number of nitrogens with zero attached hydrogens (tertiary/aromatic N) is 2. The highest BCUT2D eigenvalue weighted by Gasteiger charge is 2.19. The van der Waals surface area contributed by atoms with Crippen molar-refractivity contribution in [3.05, 3.63) is 93.9 Å². The molecule has 0 aliphatic heterocycles. The molecule has 0 fully saturated rings. The number of carbonyl (C=O) groups is 1. The number of carbonyl (C=O) groups excluding carboxylic acids is 1. The van der Waals surface area contributed by atoms with Gasteiger partial charge >= 0.3 is 0 Å². The molecule has 1 amide bonds. The van der Waals surface area contributed by atoms with Gasteiger partial charge in [-0.2, -0.15) is 0 Å². The van der Waals surface area contributed by atoms with E-state index in [0.29, 0.717) is 16.8 Å². The smallest absolute Gasteiger partial charge is 0.251 e. The lowest BCUT2D eigenvalue weighted by atomic mass is 10.0. The molecule has 0 radical (unpaired) electrons. The van der Waals surface area contributed by atoms with Crippen molar-refractivity contribution in [3.8, 4) is 0 Å². The molecule has 0 spiro atoms. The van der Waals surface area contributed by atoms with Crippen molar-refractivity contribution in [1.82, 2.24) is 14.9 Å². The molecule has 2 aromatic carbocycles. The van der Waals surface area contributed by atoms with Gasteiger partial charge in [0.25, 0.3) is 5.91 Å². The summed E-state index contributed by atoms with van der Waals surface area (Å²) < 4.78 is 77.5. The molecule has 2 heterocycles. The third-order valence-electron chi connectivity index (χ3n) is 6.28. The first-order valence-electron chi connectivity index (χ1n) is 14.2. The van der Waals surface area contributed by atoms with Crippen LogP contribution in [-0.4, -0.2) is 48.0 Å². The van der Waals surface area contributed by atoms with Gasteiger partial charge in [-0.3, -0.25) is 9.78 Å². The third-order valence-corrected chi connectivity index (χ3v) is 7.65. The van der Waals surface area contributed by atoms with E-state index in [4.69, 9.17) is 18.5 Å². The molecule has 0 aliphatic carbocycles. The van der Waals surface area contributed by atoms with Gasteiger partial charge in [0.05, 0.1) is 35.5 Å². The van der Waals surface area contributed by atoms with Crippen molar-refractivity contribution in [2.75, 3.05) is 19.0 Å². The second-order valence-corrected chi connectivity index (χ2v) is 10.8. The Morgan fingerprint density at radius 3 is 2.71 bits per heavy atom. The van der Waals surface area contributed by atoms with Crippen LogP contribution < -0.4 is 5.32 Å². The number of sulfone groups is 1. The SMILES string of the molecule is [2H]C([2H])([2H])C([2H])([2H])S(=O)(=O)c1ccc([C@H](CO)NC(=O)c2ccc3c(c2)cc(Cc2ccc(Cl)cc2C)n3CCF)nc1. The van der Waals surface area contributed by atoms with Crippen LogP contribution in [0.25, 0.3) is 10.9 Å². The van der Waals surface area contributed by atoms with Gasteiger partial charge in [-0.25, -0.2) is 12.8 Å². The Morgan fingerprint density at radius 2 is 2.05 bits per heavy atom. The van der Waals surface area contributed by atoms with Crippen molar-refractivity contribution < 1.29 is 29.6 Å². The summed E-state index contributed by atoms with van der Waals surface area (Å²) in [5.41, 5.74) is 0.383. The largest absolute Gasteiger partial charge is 0.394 e. The summed E-state index contributed by atoms with van der Waals surface area (Å²) in [5, 5.41) is 13.9. The van der Waals surface area contributed by atoms with E-state index in [0.717, 1.165) is 40.7 Å². The fraction of sp³-hybridized carbons (Fsp3) is 0.286. The molecule has 0 unspecified atom stereocenters. The molecule has 4 rings (SSSR count). The fourth-order valence-electron chi connectivity index (χ4n) is 4.29. The molecule has 38 heavy (non-hydrogen) atoms. The molecule has 0 saturated heterocycles. The Morgan fingerprint density at radius 1 is 1.24 bits per heavy atom. The van der Waals surface area contributed by atoms with E-state index in [2.05, 4.69) is 10.3 Å². The van der Waals surface area contributed by atoms with Gasteiger partial charge in [-0.15, -0.1) is 0 Å². The molecule has 0 aliphatic rings. The zero-order valence-electron chi connectivity index (χ0n) is 25.4. The zero-order valence-corrected chi connectivity index (χ0v) is 22.0. The van der Waals surface area contributed by atoms with Crippen LogP contribution in [0.15, 0.2) is 65.7 Å². The van der Waals surface area contributed by atoms with Crippen molar-refractivity contribution in [3.63, 3.8) is 0 Å². The number of pyridine rings is 1. The first-order valence-corrected chi connectivity index (χ1v) is 13.5. The standard InChI is InChI=1S/C28H29ClFN3O4S/c1-3-38(36,37)24-7-8-25(31-16-24)26(17-34)32-28(35)20-5-9-27-21(13-20)15-23(33(27)11-10-30)14-19-4-6-22(29)12-18(19)2/h4-9,12-13,15-16,26,34H,3,10-11,14,17H2,1-2H3,(H,32,35)/t26-/m0/s1/i1D3,3D2. The Labute approximate surface area is 233 Å². The molecule has 7 nitrogen and oxygen atoms in total. The van der Waals surface area contributed by atoms with E-state index < -0.39 is 52.5 Å². The Hall–Kier alpha value is -3.27. The summed E-state index contributed by atoms with van der Waals surface area (Å²) in [7, 11) is -4.94. The Balaban J connectivity index is 1.57. The molecule has 0 saturated carbocycles. The van der Waals surface area contributed by atoms with Crippen LogP contribution in [0.5, 0.6) is 0 Å². The Bertz CT molecular complexity index is 1760. The molecule has 200 valence electrons. The Kier molecular flexibility index (Phi) is 6.63. The number of hydrogen-bond acceptors (Lipinski definition) is 5. The number of aliphatic hydroxyl groups excluding tert-OH is 1. The van der Waals surface area contributed by atoms with E-state index >= 15 is 0 Å². The molecule has 1 atom stereocenters. The lowest BCUT2D eigenvalue weighted by Gasteiger charge is -2.16. The van der Waals surface area contributed by atoms with Crippen LogP contribution in [0.4, 0.5) is 4.39 Å². The van der Waals surface area contributed by atoms with E-state index in [1.807, 2.05) is 29.7 Å². The van der Waals surface area contributed by atoms with Gasteiger partial charge in [-0.05, 0) is 66.6 Å². The lowest BCUT2D eigenvalue weighted by Crippen LogP contribution is -2.31. The normalized spacial score (nSPS) is 15.2. The van der Waals surface area contributed by atoms with Crippen LogP contribution in [0.1, 0.15) is 52.6 Å². The second kappa shape index (κ2) is 11.6. The molecule has 2 aromatic heterocycles. The molecular weight excluding hydrogens is 529 g/mol. The minimum atomic E-state index is -4.94. The number of alkyl halides is 1. The first-order chi connectivity index (χ1) is 20.1. The number of nitrogens with one attached hydrogen (secondary N) is 1.